The first kappa shape index (κ1) is 9.73. The molecule has 0 bridgehead atoms. The predicted octanol–water partition coefficient (Wildman–Crippen LogP) is 2.35. The Morgan fingerprint density at radius 3 is 2.81 bits per heavy atom. The number of likely N-dealkylation sites (tertiary alicyclic amines) is 1. The van der Waals surface area contributed by atoms with Gasteiger partial charge in [-0.2, -0.15) is 0 Å². The van der Waals surface area contributed by atoms with E-state index in [-0.39, 0.29) is 0 Å². The largest absolute Gasteiger partial charge is 0.398 e. The number of nitrogens with zero attached hydrogens (tertiary/aromatic N) is 1. The maximum Gasteiger partial charge on any atom is 0.0477 e. The van der Waals surface area contributed by atoms with Crippen molar-refractivity contribution in [1.29, 1.82) is 0 Å². The van der Waals surface area contributed by atoms with Crippen LogP contribution >= 0.6 is 0 Å². The molecule has 1 aromatic heterocycles. The number of anilines is 1. The fraction of sp³-hybridized carbons (Fsp3) is 0.385. The number of nitrogen functional groups attached to an aromatic ring is 1. The van der Waals surface area contributed by atoms with Crippen LogP contribution in [0.2, 0.25) is 0 Å². The van der Waals surface area contributed by atoms with Gasteiger partial charge < -0.3 is 10.7 Å². The lowest BCUT2D eigenvalue weighted by molar-refractivity contribution is 0.328. The molecule has 2 heterocycles. The molecule has 0 atom stereocenters. The molecule has 84 valence electrons. The van der Waals surface area contributed by atoms with Crippen LogP contribution in [0.25, 0.3) is 10.9 Å². The first-order valence-electron chi connectivity index (χ1n) is 5.91. The molecule has 1 saturated heterocycles. The van der Waals surface area contributed by atoms with Gasteiger partial charge in [-0.1, -0.05) is 6.07 Å². The average Bonchev–Trinajstić information content (AvgIpc) is 2.88. The molecular weight excluding hydrogens is 198 g/mol. The molecule has 1 fully saturated rings. The maximum atomic E-state index is 5.94. The van der Waals surface area contributed by atoms with E-state index >= 15 is 0 Å². The molecule has 0 spiro atoms. The van der Waals surface area contributed by atoms with Gasteiger partial charge in [0.2, 0.25) is 0 Å². The zero-order valence-corrected chi connectivity index (χ0v) is 9.37. The van der Waals surface area contributed by atoms with Crippen molar-refractivity contribution < 1.29 is 0 Å². The second-order valence-corrected chi connectivity index (χ2v) is 4.59. The molecule has 0 aliphatic carbocycles. The number of nitrogens with two attached hydrogens (primary N) is 1. The molecule has 16 heavy (non-hydrogen) atoms. The van der Waals surface area contributed by atoms with Crippen LogP contribution < -0.4 is 5.73 Å². The smallest absolute Gasteiger partial charge is 0.0477 e. The minimum Gasteiger partial charge on any atom is -0.398 e. The van der Waals surface area contributed by atoms with Gasteiger partial charge in [-0.25, -0.2) is 0 Å². The Balaban J connectivity index is 1.90. The van der Waals surface area contributed by atoms with Crippen LogP contribution in [0.5, 0.6) is 0 Å². The van der Waals surface area contributed by atoms with Crippen molar-refractivity contribution in [3.05, 3.63) is 30.0 Å². The van der Waals surface area contributed by atoms with Gasteiger partial charge in [0, 0.05) is 28.8 Å². The molecule has 1 aliphatic rings. The number of aromatic nitrogens is 1. The van der Waals surface area contributed by atoms with Gasteiger partial charge in [-0.15, -0.1) is 0 Å². The van der Waals surface area contributed by atoms with Crippen molar-refractivity contribution in [2.75, 3.05) is 18.8 Å². The van der Waals surface area contributed by atoms with Crippen LogP contribution in [-0.2, 0) is 6.54 Å². The summed E-state index contributed by atoms with van der Waals surface area (Å²) in [4.78, 5) is 5.93. The number of rotatable bonds is 2. The predicted molar refractivity (Wildman–Crippen MR) is 67.2 cm³/mol. The van der Waals surface area contributed by atoms with Crippen molar-refractivity contribution in [1.82, 2.24) is 9.88 Å². The van der Waals surface area contributed by atoms with Crippen molar-refractivity contribution in [3.8, 4) is 0 Å². The summed E-state index contributed by atoms with van der Waals surface area (Å²) < 4.78 is 0. The quantitative estimate of drug-likeness (QED) is 0.755. The number of H-pyrrole nitrogens is 1. The molecule has 0 unspecified atom stereocenters. The van der Waals surface area contributed by atoms with E-state index < -0.39 is 0 Å². The molecule has 1 aliphatic heterocycles. The molecule has 2 aromatic rings. The summed E-state index contributed by atoms with van der Waals surface area (Å²) in [6.45, 7) is 3.48. The van der Waals surface area contributed by atoms with Gasteiger partial charge in [0.1, 0.15) is 0 Å². The van der Waals surface area contributed by atoms with Gasteiger partial charge in [0.15, 0.2) is 0 Å². The lowest BCUT2D eigenvalue weighted by Gasteiger charge is -2.12. The second kappa shape index (κ2) is 3.83. The molecule has 0 saturated carbocycles. The number of hydrogen-bond donors (Lipinski definition) is 2. The van der Waals surface area contributed by atoms with Crippen molar-refractivity contribution >= 4 is 16.6 Å². The number of fused-ring (bicyclic) bond motifs is 1. The number of nitrogens with one attached hydrogen (secondary N) is 1. The first-order chi connectivity index (χ1) is 7.83. The van der Waals surface area contributed by atoms with E-state index in [2.05, 4.69) is 22.0 Å². The van der Waals surface area contributed by atoms with Gasteiger partial charge in [-0.3, -0.25) is 4.90 Å². The summed E-state index contributed by atoms with van der Waals surface area (Å²) in [7, 11) is 0. The zero-order chi connectivity index (χ0) is 11.0. The van der Waals surface area contributed by atoms with Crippen molar-refractivity contribution in [3.63, 3.8) is 0 Å². The molecule has 0 amide bonds. The first-order valence-corrected chi connectivity index (χ1v) is 5.91. The van der Waals surface area contributed by atoms with E-state index in [1.807, 2.05) is 12.1 Å². The zero-order valence-electron chi connectivity index (χ0n) is 9.37. The molecule has 0 radical (unpaired) electrons. The van der Waals surface area contributed by atoms with Gasteiger partial charge in [-0.05, 0) is 44.1 Å². The highest BCUT2D eigenvalue weighted by atomic mass is 15.1. The van der Waals surface area contributed by atoms with Crippen LogP contribution in [-0.4, -0.2) is 23.0 Å². The third-order valence-corrected chi connectivity index (χ3v) is 3.35. The molecule has 3 rings (SSSR count). The minimum atomic E-state index is 0.862. The van der Waals surface area contributed by atoms with Gasteiger partial charge >= 0.3 is 0 Å². The van der Waals surface area contributed by atoms with E-state index in [1.165, 1.54) is 31.6 Å². The Kier molecular flexibility index (Phi) is 2.33. The maximum absolute atomic E-state index is 5.94. The van der Waals surface area contributed by atoms with Crippen LogP contribution in [0.4, 0.5) is 5.69 Å². The lowest BCUT2D eigenvalue weighted by Crippen LogP contribution is -2.18. The van der Waals surface area contributed by atoms with Gasteiger partial charge in [0.25, 0.3) is 0 Å². The van der Waals surface area contributed by atoms with E-state index in [9.17, 15) is 0 Å². The monoisotopic (exact) mass is 215 g/mol. The van der Waals surface area contributed by atoms with Crippen molar-refractivity contribution in [2.24, 2.45) is 0 Å². The summed E-state index contributed by atoms with van der Waals surface area (Å²) in [5, 5.41) is 1.15. The Labute approximate surface area is 95.2 Å². The van der Waals surface area contributed by atoms with E-state index in [4.69, 9.17) is 5.73 Å². The Morgan fingerprint density at radius 1 is 1.25 bits per heavy atom. The number of hydrogen-bond acceptors (Lipinski definition) is 2. The third-order valence-electron chi connectivity index (χ3n) is 3.35. The number of aromatic amines is 1. The summed E-state index contributed by atoms with van der Waals surface area (Å²) in [6.07, 6.45) is 2.67. The summed E-state index contributed by atoms with van der Waals surface area (Å²) in [5.74, 6) is 0. The fourth-order valence-electron chi connectivity index (χ4n) is 2.50. The topological polar surface area (TPSA) is 45.1 Å². The van der Waals surface area contributed by atoms with Crippen LogP contribution in [0.1, 0.15) is 18.5 Å². The van der Waals surface area contributed by atoms with E-state index in [1.54, 1.807) is 0 Å². The molecule has 1 aromatic carbocycles. The summed E-state index contributed by atoms with van der Waals surface area (Å²) in [5.41, 5.74) is 9.23. The fourth-order valence-corrected chi connectivity index (χ4v) is 2.50. The molecular formula is C13H17N3. The Bertz CT molecular complexity index is 495. The molecule has 3 heteroatoms. The minimum absolute atomic E-state index is 0.862. The summed E-state index contributed by atoms with van der Waals surface area (Å²) >= 11 is 0. The standard InChI is InChI=1S/C13H17N3/c14-12-4-3-5-13-11(12)8-10(15-13)9-16-6-1-2-7-16/h3-5,8,15H,1-2,6-7,9,14H2. The van der Waals surface area contributed by atoms with E-state index in [0.29, 0.717) is 0 Å². The highest BCUT2D eigenvalue weighted by molar-refractivity contribution is 5.91. The second-order valence-electron chi connectivity index (χ2n) is 4.59. The SMILES string of the molecule is Nc1cccc2[nH]c(CN3CCCC3)cc12. The normalized spacial score (nSPS) is 17.2. The van der Waals surface area contributed by atoms with Crippen LogP contribution in [0.15, 0.2) is 24.3 Å². The van der Waals surface area contributed by atoms with Gasteiger partial charge in [0.05, 0.1) is 0 Å². The number of benzene rings is 1. The third kappa shape index (κ3) is 1.67. The summed E-state index contributed by atoms with van der Waals surface area (Å²) in [6, 6.07) is 8.21. The van der Waals surface area contributed by atoms with Crippen LogP contribution in [0, 0.1) is 0 Å². The Hall–Kier alpha value is -1.48. The average molecular weight is 215 g/mol. The molecule has 3 nitrogen and oxygen atoms in total. The highest BCUT2D eigenvalue weighted by Gasteiger charge is 2.13. The molecule has 3 N–H and O–H groups in total. The Morgan fingerprint density at radius 2 is 2.06 bits per heavy atom. The van der Waals surface area contributed by atoms with E-state index in [0.717, 1.165) is 23.1 Å². The highest BCUT2D eigenvalue weighted by Crippen LogP contribution is 2.23. The lowest BCUT2D eigenvalue weighted by atomic mass is 10.2. The van der Waals surface area contributed by atoms with Crippen molar-refractivity contribution in [2.45, 2.75) is 19.4 Å². The van der Waals surface area contributed by atoms with Crippen LogP contribution in [0.3, 0.4) is 0 Å².